The van der Waals surface area contributed by atoms with Crippen LogP contribution in [-0.2, 0) is 0 Å². The van der Waals surface area contributed by atoms with E-state index < -0.39 is 0 Å². The van der Waals surface area contributed by atoms with Crippen molar-refractivity contribution in [2.24, 2.45) is 4.99 Å². The fourth-order valence-corrected chi connectivity index (χ4v) is 6.37. The van der Waals surface area contributed by atoms with Crippen molar-refractivity contribution in [3.8, 4) is 33.7 Å². The SMILES string of the molecule is C1=C(c2ccc(-c3cnc4ccccc4c3)cc2)N=C(c2ccc(-c3nc4ccccc4o3)cc2)NC1c1ccc(-c2ccccc2)cc1. The number of hydrogen-bond acceptors (Lipinski definition) is 5. The maximum Gasteiger partial charge on any atom is 0.227 e. The second-order valence-electron chi connectivity index (χ2n) is 12.2. The van der Waals surface area contributed by atoms with Gasteiger partial charge in [0.2, 0.25) is 5.89 Å². The number of nitrogens with one attached hydrogen (secondary N) is 1. The number of amidine groups is 1. The number of pyridine rings is 1. The molecule has 0 saturated carbocycles. The predicted octanol–water partition coefficient (Wildman–Crippen LogP) is 10.5. The highest BCUT2D eigenvalue weighted by molar-refractivity contribution is 6.03. The summed E-state index contributed by atoms with van der Waals surface area (Å²) in [4.78, 5) is 14.5. The first-order valence-electron chi connectivity index (χ1n) is 16.4. The summed E-state index contributed by atoms with van der Waals surface area (Å²) in [6.07, 6.45) is 4.15. The molecule has 2 aromatic heterocycles. The summed E-state index contributed by atoms with van der Waals surface area (Å²) in [5.74, 6) is 1.41. The Kier molecular flexibility index (Phi) is 7.13. The molecule has 9 rings (SSSR count). The number of aromatic nitrogens is 2. The van der Waals surface area contributed by atoms with Crippen LogP contribution in [0.3, 0.4) is 0 Å². The third-order valence-corrected chi connectivity index (χ3v) is 9.03. The van der Waals surface area contributed by atoms with Gasteiger partial charge in [0.15, 0.2) is 5.58 Å². The molecule has 3 heterocycles. The van der Waals surface area contributed by atoms with Crippen molar-refractivity contribution >= 4 is 33.5 Å². The van der Waals surface area contributed by atoms with Crippen LogP contribution in [0.15, 0.2) is 179 Å². The van der Waals surface area contributed by atoms with E-state index in [1.165, 1.54) is 11.1 Å². The fraction of sp³-hybridized carbons (Fsp3) is 0.0227. The molecule has 8 aromatic rings. The van der Waals surface area contributed by atoms with Gasteiger partial charge in [-0.05, 0) is 70.3 Å². The fourth-order valence-electron chi connectivity index (χ4n) is 6.37. The Balaban J connectivity index is 1.06. The monoisotopic (exact) mass is 630 g/mol. The smallest absolute Gasteiger partial charge is 0.227 e. The summed E-state index contributed by atoms with van der Waals surface area (Å²) in [6, 6.07) is 54.2. The van der Waals surface area contributed by atoms with Crippen molar-refractivity contribution in [1.82, 2.24) is 15.3 Å². The molecule has 0 spiro atoms. The van der Waals surface area contributed by atoms with Gasteiger partial charge in [0, 0.05) is 28.3 Å². The highest BCUT2D eigenvalue weighted by Gasteiger charge is 2.20. The first-order valence-corrected chi connectivity index (χ1v) is 16.4. The van der Waals surface area contributed by atoms with Gasteiger partial charge in [-0.2, -0.15) is 0 Å². The molecule has 1 N–H and O–H groups in total. The highest BCUT2D eigenvalue weighted by Crippen LogP contribution is 2.32. The van der Waals surface area contributed by atoms with Crippen LogP contribution in [0.2, 0.25) is 0 Å². The molecule has 49 heavy (non-hydrogen) atoms. The van der Waals surface area contributed by atoms with E-state index in [0.717, 1.165) is 66.9 Å². The lowest BCUT2D eigenvalue weighted by molar-refractivity contribution is 0.620. The summed E-state index contributed by atoms with van der Waals surface area (Å²) in [7, 11) is 0. The summed E-state index contributed by atoms with van der Waals surface area (Å²) in [5, 5.41) is 4.83. The van der Waals surface area contributed by atoms with E-state index >= 15 is 0 Å². The molecule has 5 nitrogen and oxygen atoms in total. The molecular formula is C44H30N4O. The lowest BCUT2D eigenvalue weighted by atomic mass is 9.97. The van der Waals surface area contributed by atoms with Gasteiger partial charge in [-0.25, -0.2) is 9.98 Å². The Labute approximate surface area is 284 Å². The van der Waals surface area contributed by atoms with E-state index in [4.69, 9.17) is 9.41 Å². The zero-order valence-corrected chi connectivity index (χ0v) is 26.5. The molecule has 232 valence electrons. The van der Waals surface area contributed by atoms with Crippen molar-refractivity contribution in [2.45, 2.75) is 6.04 Å². The number of rotatable bonds is 6. The third-order valence-electron chi connectivity index (χ3n) is 9.03. The number of fused-ring (bicyclic) bond motifs is 2. The largest absolute Gasteiger partial charge is 0.436 e. The first kappa shape index (κ1) is 28.6. The molecule has 0 fully saturated rings. The van der Waals surface area contributed by atoms with Gasteiger partial charge in [0.05, 0.1) is 17.3 Å². The second kappa shape index (κ2) is 12.2. The maximum atomic E-state index is 6.02. The van der Waals surface area contributed by atoms with Crippen LogP contribution in [-0.4, -0.2) is 15.8 Å². The van der Waals surface area contributed by atoms with E-state index in [9.17, 15) is 0 Å². The molecule has 5 heteroatoms. The van der Waals surface area contributed by atoms with Crippen molar-refractivity contribution in [3.63, 3.8) is 0 Å². The Morgan fingerprint density at radius 1 is 0.510 bits per heavy atom. The summed E-state index contributed by atoms with van der Waals surface area (Å²) in [5.41, 5.74) is 12.2. The van der Waals surface area contributed by atoms with Crippen LogP contribution >= 0.6 is 0 Å². The van der Waals surface area contributed by atoms with Gasteiger partial charge < -0.3 is 9.73 Å². The van der Waals surface area contributed by atoms with E-state index in [0.29, 0.717) is 5.89 Å². The second-order valence-corrected chi connectivity index (χ2v) is 12.2. The minimum Gasteiger partial charge on any atom is -0.436 e. The molecule has 0 saturated heterocycles. The van der Waals surface area contributed by atoms with Crippen LogP contribution in [0.5, 0.6) is 0 Å². The molecule has 0 radical (unpaired) electrons. The molecule has 0 aliphatic carbocycles. The molecular weight excluding hydrogens is 601 g/mol. The Morgan fingerprint density at radius 3 is 1.92 bits per heavy atom. The van der Waals surface area contributed by atoms with Gasteiger partial charge >= 0.3 is 0 Å². The molecule has 1 aliphatic rings. The normalized spacial score (nSPS) is 14.3. The quantitative estimate of drug-likeness (QED) is 0.199. The molecule has 1 unspecified atom stereocenters. The lowest BCUT2D eigenvalue weighted by Gasteiger charge is -2.25. The number of hydrogen-bond donors (Lipinski definition) is 1. The Morgan fingerprint density at radius 2 is 1.12 bits per heavy atom. The van der Waals surface area contributed by atoms with Crippen molar-refractivity contribution in [3.05, 3.63) is 187 Å². The third kappa shape index (κ3) is 5.68. The molecule has 1 atom stereocenters. The minimum absolute atomic E-state index is 0.0756. The van der Waals surface area contributed by atoms with E-state index in [2.05, 4.69) is 118 Å². The van der Waals surface area contributed by atoms with Gasteiger partial charge in [0.25, 0.3) is 0 Å². The Bertz CT molecular complexity index is 2460. The lowest BCUT2D eigenvalue weighted by Crippen LogP contribution is -2.31. The zero-order valence-electron chi connectivity index (χ0n) is 26.5. The van der Waals surface area contributed by atoms with E-state index in [1.54, 1.807) is 0 Å². The van der Waals surface area contributed by atoms with Crippen molar-refractivity contribution in [1.29, 1.82) is 0 Å². The number of aliphatic imine (C=N–C) groups is 1. The number of oxazole rings is 1. The molecule has 1 aliphatic heterocycles. The minimum atomic E-state index is -0.0756. The van der Waals surface area contributed by atoms with Crippen LogP contribution in [0.4, 0.5) is 0 Å². The van der Waals surface area contributed by atoms with E-state index in [1.807, 2.05) is 66.9 Å². The average Bonchev–Trinajstić information content (AvgIpc) is 3.63. The van der Waals surface area contributed by atoms with Crippen LogP contribution in [0.1, 0.15) is 22.7 Å². The maximum absolute atomic E-state index is 6.02. The summed E-state index contributed by atoms with van der Waals surface area (Å²) < 4.78 is 6.02. The van der Waals surface area contributed by atoms with Gasteiger partial charge in [-0.3, -0.25) is 4.98 Å². The summed E-state index contributed by atoms with van der Waals surface area (Å²) in [6.45, 7) is 0. The molecule has 6 aromatic carbocycles. The molecule has 0 bridgehead atoms. The van der Waals surface area contributed by atoms with E-state index in [-0.39, 0.29) is 6.04 Å². The summed E-state index contributed by atoms with van der Waals surface area (Å²) >= 11 is 0. The predicted molar refractivity (Wildman–Crippen MR) is 199 cm³/mol. The Hall–Kier alpha value is -6.59. The number of para-hydroxylation sites is 3. The van der Waals surface area contributed by atoms with Gasteiger partial charge in [-0.15, -0.1) is 0 Å². The van der Waals surface area contributed by atoms with Gasteiger partial charge in [0.1, 0.15) is 11.4 Å². The van der Waals surface area contributed by atoms with Crippen LogP contribution < -0.4 is 5.32 Å². The average molecular weight is 631 g/mol. The number of benzene rings is 6. The first-order chi connectivity index (χ1) is 24.2. The van der Waals surface area contributed by atoms with Gasteiger partial charge in [-0.1, -0.05) is 121 Å². The molecule has 0 amide bonds. The van der Waals surface area contributed by atoms with Crippen LogP contribution in [0.25, 0.3) is 61.4 Å². The van der Waals surface area contributed by atoms with Crippen molar-refractivity contribution < 1.29 is 4.42 Å². The zero-order chi connectivity index (χ0) is 32.6. The van der Waals surface area contributed by atoms with Crippen molar-refractivity contribution in [2.75, 3.05) is 0 Å². The highest BCUT2D eigenvalue weighted by atomic mass is 16.3. The van der Waals surface area contributed by atoms with Crippen LogP contribution in [0, 0.1) is 0 Å². The topological polar surface area (TPSA) is 63.3 Å². The number of nitrogens with zero attached hydrogens (tertiary/aromatic N) is 3. The standard InChI is InChI=1S/C44H30N4O/c1-2-8-29(9-3-1)30-14-18-32(19-15-30)40-27-41(33-20-16-31(17-21-33)37-26-36-10-4-5-11-38(36)45-28-37)47-43(46-40)34-22-24-35(25-23-34)44-48-39-12-6-7-13-42(39)49-44/h1-28,40H,(H,46,47).